The summed E-state index contributed by atoms with van der Waals surface area (Å²) in [4.78, 5) is 0. The highest BCUT2D eigenvalue weighted by Crippen LogP contribution is 2.28. The van der Waals surface area contributed by atoms with Gasteiger partial charge in [-0.2, -0.15) is 0 Å². The summed E-state index contributed by atoms with van der Waals surface area (Å²) in [7, 11) is 0. The Morgan fingerprint density at radius 2 is 2.00 bits per heavy atom. The Morgan fingerprint density at radius 1 is 1.31 bits per heavy atom. The number of nitrogens with two attached hydrogens (primary N) is 1. The summed E-state index contributed by atoms with van der Waals surface area (Å²) >= 11 is 0. The zero-order chi connectivity index (χ0) is 9.84. The Labute approximate surface area is 76.2 Å². The lowest BCUT2D eigenvalue weighted by Gasteiger charge is -2.13. The summed E-state index contributed by atoms with van der Waals surface area (Å²) in [6.07, 6.45) is 0. The topological polar surface area (TPSA) is 86.7 Å². The first kappa shape index (κ1) is 9.83. The first-order valence-corrected chi connectivity index (χ1v) is 4.01. The summed E-state index contributed by atoms with van der Waals surface area (Å²) in [5, 5.41) is 27.3. The van der Waals surface area contributed by atoms with Crippen LogP contribution in [-0.2, 0) is 0 Å². The van der Waals surface area contributed by atoms with Gasteiger partial charge in [0, 0.05) is 24.1 Å². The summed E-state index contributed by atoms with van der Waals surface area (Å²) in [5.41, 5.74) is 5.95. The summed E-state index contributed by atoms with van der Waals surface area (Å²) in [6.45, 7) is 0.143. The largest absolute Gasteiger partial charge is 0.508 e. The van der Waals surface area contributed by atoms with Gasteiger partial charge in [0.25, 0.3) is 0 Å². The molecule has 1 aromatic rings. The molecule has 5 N–H and O–H groups in total. The minimum atomic E-state index is -0.277. The lowest BCUT2D eigenvalue weighted by molar-refractivity contribution is 0.265. The van der Waals surface area contributed by atoms with E-state index in [-0.39, 0.29) is 30.6 Å². The molecule has 0 bridgehead atoms. The van der Waals surface area contributed by atoms with Gasteiger partial charge in [0.1, 0.15) is 11.5 Å². The molecule has 1 rings (SSSR count). The number of aliphatic hydroxyl groups is 1. The Bertz CT molecular complexity index is 284. The Morgan fingerprint density at radius 3 is 2.46 bits per heavy atom. The van der Waals surface area contributed by atoms with Crippen LogP contribution in [0.5, 0.6) is 11.5 Å². The Balaban J connectivity index is 2.99. The van der Waals surface area contributed by atoms with Crippen LogP contribution in [-0.4, -0.2) is 28.5 Å². The van der Waals surface area contributed by atoms with E-state index < -0.39 is 0 Å². The van der Waals surface area contributed by atoms with Crippen LogP contribution in [0.4, 0.5) is 0 Å². The third kappa shape index (κ3) is 2.11. The van der Waals surface area contributed by atoms with Gasteiger partial charge in [0.15, 0.2) is 0 Å². The molecule has 0 aliphatic rings. The van der Waals surface area contributed by atoms with Gasteiger partial charge in [-0.3, -0.25) is 0 Å². The molecular formula is C9H13NO3. The van der Waals surface area contributed by atoms with Crippen molar-refractivity contribution >= 4 is 0 Å². The van der Waals surface area contributed by atoms with E-state index in [9.17, 15) is 5.11 Å². The number of phenolic OH excluding ortho intramolecular Hbond substituents is 2. The first-order valence-electron chi connectivity index (χ1n) is 4.01. The van der Waals surface area contributed by atoms with Gasteiger partial charge in [0.2, 0.25) is 0 Å². The van der Waals surface area contributed by atoms with Crippen LogP contribution in [0.1, 0.15) is 11.5 Å². The molecule has 0 aliphatic carbocycles. The third-order valence-electron chi connectivity index (χ3n) is 1.96. The minimum absolute atomic E-state index is 0.00467. The van der Waals surface area contributed by atoms with Crippen LogP contribution in [0.25, 0.3) is 0 Å². The fourth-order valence-electron chi connectivity index (χ4n) is 1.18. The summed E-state index contributed by atoms with van der Waals surface area (Å²) in [5.74, 6) is -0.319. The smallest absolute Gasteiger partial charge is 0.122 e. The number of rotatable bonds is 3. The molecule has 4 nitrogen and oxygen atoms in total. The fraction of sp³-hybridized carbons (Fsp3) is 0.333. The molecule has 13 heavy (non-hydrogen) atoms. The number of aliphatic hydroxyl groups excluding tert-OH is 1. The highest BCUT2D eigenvalue weighted by atomic mass is 16.3. The van der Waals surface area contributed by atoms with Crippen molar-refractivity contribution in [2.75, 3.05) is 13.2 Å². The van der Waals surface area contributed by atoms with Crippen molar-refractivity contribution in [3.8, 4) is 11.5 Å². The predicted octanol–water partition coefficient (Wildman–Crippen LogP) is 0.132. The van der Waals surface area contributed by atoms with Crippen molar-refractivity contribution in [1.29, 1.82) is 0 Å². The second kappa shape index (κ2) is 4.11. The lowest BCUT2D eigenvalue weighted by atomic mass is 9.99. The molecule has 72 valence electrons. The Kier molecular flexibility index (Phi) is 3.11. The zero-order valence-corrected chi connectivity index (χ0v) is 7.14. The van der Waals surface area contributed by atoms with Crippen molar-refractivity contribution in [2.45, 2.75) is 5.92 Å². The number of benzene rings is 1. The van der Waals surface area contributed by atoms with Gasteiger partial charge in [-0.25, -0.2) is 0 Å². The van der Waals surface area contributed by atoms with Gasteiger partial charge in [-0.1, -0.05) is 6.07 Å². The van der Waals surface area contributed by atoms with Crippen molar-refractivity contribution in [3.63, 3.8) is 0 Å². The maximum absolute atomic E-state index is 9.40. The molecule has 1 atom stereocenters. The van der Waals surface area contributed by atoms with Gasteiger partial charge in [-0.05, 0) is 6.07 Å². The van der Waals surface area contributed by atoms with Gasteiger partial charge in [0.05, 0.1) is 6.61 Å². The monoisotopic (exact) mass is 183 g/mol. The molecule has 0 heterocycles. The van der Waals surface area contributed by atoms with E-state index in [1.54, 1.807) is 6.07 Å². The number of hydrogen-bond donors (Lipinski definition) is 4. The molecule has 0 fully saturated rings. The van der Waals surface area contributed by atoms with E-state index in [1.165, 1.54) is 12.1 Å². The molecule has 1 unspecified atom stereocenters. The molecule has 0 aromatic heterocycles. The highest BCUT2D eigenvalue weighted by molar-refractivity contribution is 5.41. The Hall–Kier alpha value is -1.26. The quantitative estimate of drug-likeness (QED) is 0.536. The minimum Gasteiger partial charge on any atom is -0.508 e. The van der Waals surface area contributed by atoms with E-state index >= 15 is 0 Å². The zero-order valence-electron chi connectivity index (χ0n) is 7.14. The van der Waals surface area contributed by atoms with E-state index in [2.05, 4.69) is 0 Å². The molecule has 0 spiro atoms. The molecule has 0 aliphatic heterocycles. The van der Waals surface area contributed by atoms with Crippen molar-refractivity contribution in [3.05, 3.63) is 23.8 Å². The average molecular weight is 183 g/mol. The van der Waals surface area contributed by atoms with Crippen LogP contribution in [0, 0.1) is 0 Å². The van der Waals surface area contributed by atoms with Crippen LogP contribution < -0.4 is 5.73 Å². The molecule has 0 radical (unpaired) electrons. The van der Waals surface area contributed by atoms with E-state index in [1.807, 2.05) is 0 Å². The fourth-order valence-corrected chi connectivity index (χ4v) is 1.18. The second-order valence-corrected chi connectivity index (χ2v) is 2.86. The summed E-state index contributed by atoms with van der Waals surface area (Å²) in [6, 6.07) is 4.24. The summed E-state index contributed by atoms with van der Waals surface area (Å²) < 4.78 is 0. The first-order chi connectivity index (χ1) is 6.19. The molecule has 0 saturated carbocycles. The van der Waals surface area contributed by atoms with Crippen LogP contribution in [0.15, 0.2) is 18.2 Å². The normalized spacial score (nSPS) is 12.8. The predicted molar refractivity (Wildman–Crippen MR) is 48.7 cm³/mol. The standard InChI is InChI=1S/C9H13NO3/c10-4-6(5-11)8-2-1-7(12)3-9(8)13/h1-3,6,11-13H,4-5,10H2. The highest BCUT2D eigenvalue weighted by Gasteiger charge is 2.12. The van der Waals surface area contributed by atoms with Crippen LogP contribution in [0.2, 0.25) is 0 Å². The number of phenols is 2. The molecule has 4 heteroatoms. The molecule has 0 amide bonds. The van der Waals surface area contributed by atoms with Crippen LogP contribution >= 0.6 is 0 Å². The van der Waals surface area contributed by atoms with Crippen molar-refractivity contribution < 1.29 is 15.3 Å². The number of aromatic hydroxyl groups is 2. The maximum Gasteiger partial charge on any atom is 0.122 e. The number of hydrogen-bond acceptors (Lipinski definition) is 4. The molecule has 0 saturated heterocycles. The van der Waals surface area contributed by atoms with E-state index in [0.29, 0.717) is 5.56 Å². The van der Waals surface area contributed by atoms with E-state index in [4.69, 9.17) is 15.9 Å². The van der Waals surface area contributed by atoms with Gasteiger partial charge >= 0.3 is 0 Å². The molecule has 1 aromatic carbocycles. The second-order valence-electron chi connectivity index (χ2n) is 2.86. The lowest BCUT2D eigenvalue weighted by Crippen LogP contribution is -2.15. The van der Waals surface area contributed by atoms with Crippen molar-refractivity contribution in [2.24, 2.45) is 5.73 Å². The van der Waals surface area contributed by atoms with Gasteiger partial charge in [-0.15, -0.1) is 0 Å². The van der Waals surface area contributed by atoms with E-state index in [0.717, 1.165) is 0 Å². The third-order valence-corrected chi connectivity index (χ3v) is 1.96. The SMILES string of the molecule is NCC(CO)c1ccc(O)cc1O. The van der Waals surface area contributed by atoms with Gasteiger partial charge < -0.3 is 21.1 Å². The van der Waals surface area contributed by atoms with Crippen LogP contribution in [0.3, 0.4) is 0 Å². The molecular weight excluding hydrogens is 170 g/mol. The van der Waals surface area contributed by atoms with Crippen molar-refractivity contribution in [1.82, 2.24) is 0 Å². The average Bonchev–Trinajstić information content (AvgIpc) is 2.10. The maximum atomic E-state index is 9.40.